The SMILES string of the molecule is CC(C)(C)c1ccc(NC(=S)NCc2ccc(F)c(Cl)c2)cc1. The fraction of sp³-hybridized carbons (Fsp3) is 0.278. The highest BCUT2D eigenvalue weighted by molar-refractivity contribution is 7.80. The van der Waals surface area contributed by atoms with Gasteiger partial charge in [-0.2, -0.15) is 0 Å². The van der Waals surface area contributed by atoms with Gasteiger partial charge in [-0.1, -0.05) is 50.6 Å². The number of hydrogen-bond acceptors (Lipinski definition) is 1. The number of thiocarbonyl (C=S) groups is 1. The molecule has 0 unspecified atom stereocenters. The maximum Gasteiger partial charge on any atom is 0.171 e. The zero-order valence-corrected chi connectivity index (χ0v) is 15.0. The molecule has 0 atom stereocenters. The number of anilines is 1. The van der Waals surface area contributed by atoms with E-state index in [1.165, 1.54) is 11.6 Å². The van der Waals surface area contributed by atoms with E-state index in [0.29, 0.717) is 11.7 Å². The Morgan fingerprint density at radius 1 is 1.13 bits per heavy atom. The summed E-state index contributed by atoms with van der Waals surface area (Å²) in [5, 5.41) is 6.83. The second-order valence-electron chi connectivity index (χ2n) is 6.38. The van der Waals surface area contributed by atoms with E-state index >= 15 is 0 Å². The predicted molar refractivity (Wildman–Crippen MR) is 99.6 cm³/mol. The third kappa shape index (κ3) is 5.19. The van der Waals surface area contributed by atoms with E-state index in [-0.39, 0.29) is 10.4 Å². The minimum atomic E-state index is -0.421. The zero-order chi connectivity index (χ0) is 17.0. The van der Waals surface area contributed by atoms with Crippen LogP contribution in [-0.2, 0) is 12.0 Å². The van der Waals surface area contributed by atoms with Crippen molar-refractivity contribution >= 4 is 34.6 Å². The smallest absolute Gasteiger partial charge is 0.171 e. The number of hydrogen-bond donors (Lipinski definition) is 2. The van der Waals surface area contributed by atoms with E-state index in [2.05, 4.69) is 43.5 Å². The first-order chi connectivity index (χ1) is 10.8. The Bertz CT molecular complexity index is 693. The summed E-state index contributed by atoms with van der Waals surface area (Å²) in [6, 6.07) is 12.8. The Kier molecular flexibility index (Phi) is 5.60. The van der Waals surface area contributed by atoms with E-state index in [4.69, 9.17) is 23.8 Å². The monoisotopic (exact) mass is 350 g/mol. The lowest BCUT2D eigenvalue weighted by atomic mass is 9.87. The summed E-state index contributed by atoms with van der Waals surface area (Å²) in [5.74, 6) is -0.421. The van der Waals surface area contributed by atoms with Gasteiger partial charge in [0.25, 0.3) is 0 Å². The summed E-state index contributed by atoms with van der Waals surface area (Å²) in [6.07, 6.45) is 0. The highest BCUT2D eigenvalue weighted by Gasteiger charge is 2.12. The summed E-state index contributed by atoms with van der Waals surface area (Å²) >= 11 is 11.0. The van der Waals surface area contributed by atoms with Crippen molar-refractivity contribution in [3.8, 4) is 0 Å². The molecule has 0 aliphatic rings. The van der Waals surface area contributed by atoms with Crippen LogP contribution in [0.1, 0.15) is 31.9 Å². The van der Waals surface area contributed by atoms with Crippen LogP contribution in [0.4, 0.5) is 10.1 Å². The molecule has 0 spiro atoms. The van der Waals surface area contributed by atoms with Crippen molar-refractivity contribution in [1.29, 1.82) is 0 Å². The van der Waals surface area contributed by atoms with Crippen LogP contribution in [0.5, 0.6) is 0 Å². The normalized spacial score (nSPS) is 11.2. The molecule has 0 aliphatic heterocycles. The minimum absolute atomic E-state index is 0.112. The fourth-order valence-electron chi connectivity index (χ4n) is 2.06. The summed E-state index contributed by atoms with van der Waals surface area (Å²) < 4.78 is 13.1. The minimum Gasteiger partial charge on any atom is -0.358 e. The molecule has 0 aromatic heterocycles. The van der Waals surface area contributed by atoms with Crippen LogP contribution in [0.2, 0.25) is 5.02 Å². The number of halogens is 2. The van der Waals surface area contributed by atoms with Crippen molar-refractivity contribution in [2.24, 2.45) is 0 Å². The van der Waals surface area contributed by atoms with Crippen molar-refractivity contribution < 1.29 is 4.39 Å². The van der Waals surface area contributed by atoms with Crippen molar-refractivity contribution in [3.05, 3.63) is 64.4 Å². The van der Waals surface area contributed by atoms with E-state index in [1.54, 1.807) is 12.1 Å². The Labute approximate surface area is 147 Å². The van der Waals surface area contributed by atoms with Gasteiger partial charge in [0.1, 0.15) is 5.82 Å². The molecule has 5 heteroatoms. The molecular weight excluding hydrogens is 331 g/mol. The predicted octanol–water partition coefficient (Wildman–Crippen LogP) is 5.26. The van der Waals surface area contributed by atoms with Crippen molar-refractivity contribution in [2.45, 2.75) is 32.7 Å². The Balaban J connectivity index is 1.90. The number of rotatable bonds is 3. The van der Waals surface area contributed by atoms with E-state index in [0.717, 1.165) is 11.3 Å². The molecule has 0 saturated carbocycles. The average Bonchev–Trinajstić information content (AvgIpc) is 2.48. The van der Waals surface area contributed by atoms with Gasteiger partial charge in [-0.3, -0.25) is 0 Å². The van der Waals surface area contributed by atoms with Crippen LogP contribution >= 0.6 is 23.8 Å². The Morgan fingerprint density at radius 3 is 2.35 bits per heavy atom. The van der Waals surface area contributed by atoms with Crippen molar-refractivity contribution in [1.82, 2.24) is 5.32 Å². The molecule has 23 heavy (non-hydrogen) atoms. The highest BCUT2D eigenvalue weighted by Crippen LogP contribution is 2.23. The molecule has 0 heterocycles. The third-order valence-electron chi connectivity index (χ3n) is 3.45. The third-order valence-corrected chi connectivity index (χ3v) is 3.98. The van der Waals surface area contributed by atoms with Crippen LogP contribution in [0.3, 0.4) is 0 Å². The van der Waals surface area contributed by atoms with Gasteiger partial charge in [-0.05, 0) is 53.0 Å². The topological polar surface area (TPSA) is 24.1 Å². The second-order valence-corrected chi connectivity index (χ2v) is 7.20. The molecule has 0 saturated heterocycles. The molecule has 2 rings (SSSR count). The molecule has 0 fully saturated rings. The van der Waals surface area contributed by atoms with Gasteiger partial charge in [-0.15, -0.1) is 0 Å². The molecule has 2 aromatic rings. The van der Waals surface area contributed by atoms with Gasteiger partial charge >= 0.3 is 0 Å². The lowest BCUT2D eigenvalue weighted by Crippen LogP contribution is -2.27. The summed E-state index contributed by atoms with van der Waals surface area (Å²) in [4.78, 5) is 0. The fourth-order valence-corrected chi connectivity index (χ4v) is 2.45. The van der Waals surface area contributed by atoms with Gasteiger partial charge in [0.2, 0.25) is 0 Å². The molecule has 2 nitrogen and oxygen atoms in total. The average molecular weight is 351 g/mol. The standard InChI is InChI=1S/C18H20ClFN2S/c1-18(2,3)13-5-7-14(8-6-13)22-17(23)21-11-12-4-9-16(20)15(19)10-12/h4-10H,11H2,1-3H3,(H2,21,22,23). The van der Waals surface area contributed by atoms with E-state index < -0.39 is 5.82 Å². The molecule has 2 N–H and O–H groups in total. The largest absolute Gasteiger partial charge is 0.358 e. The molecule has 0 amide bonds. The maximum atomic E-state index is 13.1. The van der Waals surface area contributed by atoms with Gasteiger partial charge in [0.15, 0.2) is 5.11 Å². The van der Waals surface area contributed by atoms with Crippen molar-refractivity contribution in [2.75, 3.05) is 5.32 Å². The first kappa shape index (κ1) is 17.7. The lowest BCUT2D eigenvalue weighted by molar-refractivity contribution is 0.590. The molecule has 0 bridgehead atoms. The molecule has 122 valence electrons. The summed E-state index contributed by atoms with van der Waals surface area (Å²) in [5.41, 5.74) is 3.18. The van der Waals surface area contributed by atoms with Crippen LogP contribution in [0.15, 0.2) is 42.5 Å². The van der Waals surface area contributed by atoms with Gasteiger partial charge in [-0.25, -0.2) is 4.39 Å². The summed E-state index contributed by atoms with van der Waals surface area (Å²) in [7, 11) is 0. The highest BCUT2D eigenvalue weighted by atomic mass is 35.5. The second kappa shape index (κ2) is 7.28. The maximum absolute atomic E-state index is 13.1. The van der Waals surface area contributed by atoms with Gasteiger partial charge in [0, 0.05) is 12.2 Å². The van der Waals surface area contributed by atoms with Crippen LogP contribution in [0, 0.1) is 5.82 Å². The molecule has 0 radical (unpaired) electrons. The Morgan fingerprint density at radius 2 is 1.78 bits per heavy atom. The number of nitrogens with one attached hydrogen (secondary N) is 2. The quantitative estimate of drug-likeness (QED) is 0.738. The van der Waals surface area contributed by atoms with Gasteiger partial charge < -0.3 is 10.6 Å². The summed E-state index contributed by atoms with van der Waals surface area (Å²) in [6.45, 7) is 7.01. The van der Waals surface area contributed by atoms with E-state index in [9.17, 15) is 4.39 Å². The van der Waals surface area contributed by atoms with Crippen molar-refractivity contribution in [3.63, 3.8) is 0 Å². The number of benzene rings is 2. The van der Waals surface area contributed by atoms with Crippen LogP contribution in [-0.4, -0.2) is 5.11 Å². The lowest BCUT2D eigenvalue weighted by Gasteiger charge is -2.19. The van der Waals surface area contributed by atoms with E-state index in [1.807, 2.05) is 12.1 Å². The molecule has 0 aliphatic carbocycles. The first-order valence-electron chi connectivity index (χ1n) is 7.35. The molecular formula is C18H20ClFN2S. The van der Waals surface area contributed by atoms with Gasteiger partial charge in [0.05, 0.1) is 5.02 Å². The zero-order valence-electron chi connectivity index (χ0n) is 13.4. The van der Waals surface area contributed by atoms with Crippen LogP contribution in [0.25, 0.3) is 0 Å². The first-order valence-corrected chi connectivity index (χ1v) is 8.13. The van der Waals surface area contributed by atoms with Crippen LogP contribution < -0.4 is 10.6 Å². The Hall–Kier alpha value is -1.65. The molecule has 2 aromatic carbocycles.